The van der Waals surface area contributed by atoms with E-state index in [2.05, 4.69) is 31.8 Å². The van der Waals surface area contributed by atoms with Crippen molar-refractivity contribution in [3.63, 3.8) is 0 Å². The lowest BCUT2D eigenvalue weighted by Crippen LogP contribution is -2.50. The first kappa shape index (κ1) is 21.6. The van der Waals surface area contributed by atoms with E-state index in [0.29, 0.717) is 16.7 Å². The Labute approximate surface area is 187 Å². The second-order valence-electron chi connectivity index (χ2n) is 11.9. The zero-order valence-electron chi connectivity index (χ0n) is 19.6. The van der Waals surface area contributed by atoms with Crippen LogP contribution in [0.15, 0.2) is 29.8 Å². The van der Waals surface area contributed by atoms with Crippen molar-refractivity contribution in [3.05, 3.63) is 41.5 Å². The average Bonchev–Trinajstić information content (AvgIpc) is 3.10. The monoisotopic (exact) mass is 425 g/mol. The highest BCUT2D eigenvalue weighted by Gasteiger charge is 2.59. The number of aliphatic hydroxyl groups excluding tert-OH is 1. The molecule has 0 amide bonds. The molecule has 31 heavy (non-hydrogen) atoms. The fourth-order valence-corrected chi connectivity index (χ4v) is 8.78. The van der Waals surface area contributed by atoms with Gasteiger partial charge < -0.3 is 5.11 Å². The Morgan fingerprint density at radius 2 is 1.97 bits per heavy atom. The third-order valence-electron chi connectivity index (χ3n) is 10.5. The van der Waals surface area contributed by atoms with Crippen molar-refractivity contribution in [2.24, 2.45) is 40.4 Å². The summed E-state index contributed by atoms with van der Waals surface area (Å²) < 4.78 is 13.5. The number of aryl methyl sites for hydroxylation is 1. The second-order valence-corrected chi connectivity index (χ2v) is 11.9. The van der Waals surface area contributed by atoms with E-state index in [1.807, 2.05) is 6.07 Å². The maximum atomic E-state index is 13.5. The van der Waals surface area contributed by atoms with Gasteiger partial charge in [0.1, 0.15) is 0 Å². The van der Waals surface area contributed by atoms with Gasteiger partial charge in [-0.3, -0.25) is 0 Å². The van der Waals surface area contributed by atoms with Gasteiger partial charge in [-0.15, -0.1) is 0 Å². The maximum Gasteiger partial charge on any atom is 0.213 e. The molecule has 0 radical (unpaired) electrons. The number of fused-ring (bicyclic) bond motifs is 5. The normalized spacial score (nSPS) is 42.9. The minimum atomic E-state index is -0.357. The third-order valence-corrected chi connectivity index (χ3v) is 10.5. The third kappa shape index (κ3) is 3.59. The lowest BCUT2D eigenvalue weighted by atomic mass is 9.47. The van der Waals surface area contributed by atoms with E-state index in [1.54, 1.807) is 11.6 Å². The van der Waals surface area contributed by atoms with Crippen LogP contribution in [0.25, 0.3) is 0 Å². The van der Waals surface area contributed by atoms with Gasteiger partial charge in [0.25, 0.3) is 0 Å². The largest absolute Gasteiger partial charge is 0.393 e. The van der Waals surface area contributed by atoms with Crippen LogP contribution in [0.2, 0.25) is 0 Å². The maximum absolute atomic E-state index is 13.5. The topological polar surface area (TPSA) is 33.1 Å². The standard InChI is InChI=1S/C28H40FNO/c1-18(7-9-20-5-4-6-26(29)30-20)23-11-12-24-22-10-8-19-17-21(31)13-15-27(19,2)25(22)14-16-28(23,24)3/h4-6,8,18,21-25,31H,7,9-17H2,1-3H3/t18?,21-,22-,23+,24-,25-,27-,28+/m0/s1. The number of aromatic nitrogens is 1. The Morgan fingerprint density at radius 3 is 2.77 bits per heavy atom. The first-order valence-electron chi connectivity index (χ1n) is 12.8. The van der Waals surface area contributed by atoms with Crippen LogP contribution in [0.4, 0.5) is 4.39 Å². The molecule has 1 aromatic heterocycles. The van der Waals surface area contributed by atoms with Crippen LogP contribution in [0, 0.1) is 46.4 Å². The molecule has 0 aliphatic heterocycles. The highest BCUT2D eigenvalue weighted by atomic mass is 19.1. The lowest BCUT2D eigenvalue weighted by Gasteiger charge is -2.58. The van der Waals surface area contributed by atoms with Crippen LogP contribution < -0.4 is 0 Å². The molecule has 170 valence electrons. The highest BCUT2D eigenvalue weighted by molar-refractivity contribution is 5.25. The first-order chi connectivity index (χ1) is 14.8. The molecule has 1 unspecified atom stereocenters. The van der Waals surface area contributed by atoms with Crippen LogP contribution in [0.5, 0.6) is 0 Å². The molecule has 0 spiro atoms. The zero-order chi connectivity index (χ0) is 21.8. The number of nitrogens with zero attached hydrogens (tertiary/aromatic N) is 1. The number of pyridine rings is 1. The lowest BCUT2D eigenvalue weighted by molar-refractivity contribution is -0.0571. The molecular formula is C28H40FNO. The van der Waals surface area contributed by atoms with Gasteiger partial charge in [0, 0.05) is 5.69 Å². The molecule has 4 aliphatic carbocycles. The summed E-state index contributed by atoms with van der Waals surface area (Å²) in [4.78, 5) is 4.08. The molecule has 3 fully saturated rings. The summed E-state index contributed by atoms with van der Waals surface area (Å²) in [6.45, 7) is 7.56. The Bertz CT molecular complexity index is 851. The summed E-state index contributed by atoms with van der Waals surface area (Å²) in [5.74, 6) is 3.55. The molecule has 0 bridgehead atoms. The molecule has 0 saturated heterocycles. The minimum absolute atomic E-state index is 0.117. The first-order valence-corrected chi connectivity index (χ1v) is 12.8. The van der Waals surface area contributed by atoms with E-state index in [4.69, 9.17) is 0 Å². The second kappa shape index (κ2) is 7.97. The summed E-state index contributed by atoms with van der Waals surface area (Å²) in [5.41, 5.74) is 3.25. The van der Waals surface area contributed by atoms with E-state index in [1.165, 1.54) is 44.6 Å². The van der Waals surface area contributed by atoms with Crippen molar-refractivity contribution in [3.8, 4) is 0 Å². The van der Waals surface area contributed by atoms with E-state index < -0.39 is 0 Å². The quantitative estimate of drug-likeness (QED) is 0.428. The van der Waals surface area contributed by atoms with Crippen LogP contribution in [0.1, 0.15) is 84.3 Å². The molecule has 1 aromatic rings. The molecule has 2 nitrogen and oxygen atoms in total. The number of halogens is 1. The van der Waals surface area contributed by atoms with Gasteiger partial charge in [0.15, 0.2) is 0 Å². The zero-order valence-corrected chi connectivity index (χ0v) is 19.6. The SMILES string of the molecule is CC(CCc1cccc(F)n1)[C@H]1CC[C@H]2[C@@H]3CC=C4C[C@@H](O)CC[C@]4(C)[C@H]3CC[C@]12C. The number of aliphatic hydroxyl groups is 1. The van der Waals surface area contributed by atoms with Crippen molar-refractivity contribution in [2.75, 3.05) is 0 Å². The molecule has 5 rings (SSSR count). The summed E-state index contributed by atoms with van der Waals surface area (Å²) in [6, 6.07) is 5.19. The molecular weight excluding hydrogens is 385 g/mol. The molecule has 4 aliphatic rings. The molecule has 3 heteroatoms. The van der Waals surface area contributed by atoms with E-state index in [-0.39, 0.29) is 12.1 Å². The number of rotatable bonds is 4. The fraction of sp³-hybridized carbons (Fsp3) is 0.750. The van der Waals surface area contributed by atoms with E-state index in [0.717, 1.165) is 55.0 Å². The van der Waals surface area contributed by atoms with Crippen molar-refractivity contribution < 1.29 is 9.50 Å². The summed E-state index contributed by atoms with van der Waals surface area (Å²) in [5, 5.41) is 10.2. The van der Waals surface area contributed by atoms with Gasteiger partial charge in [0.2, 0.25) is 5.95 Å². The van der Waals surface area contributed by atoms with Gasteiger partial charge in [-0.25, -0.2) is 4.98 Å². The smallest absolute Gasteiger partial charge is 0.213 e. The summed E-state index contributed by atoms with van der Waals surface area (Å²) >= 11 is 0. The molecule has 8 atom stereocenters. The van der Waals surface area contributed by atoms with E-state index >= 15 is 0 Å². The number of hydrogen-bond acceptors (Lipinski definition) is 2. The molecule has 3 saturated carbocycles. The predicted molar refractivity (Wildman–Crippen MR) is 123 cm³/mol. The van der Waals surface area contributed by atoms with Crippen molar-refractivity contribution in [1.29, 1.82) is 0 Å². The number of hydrogen-bond donors (Lipinski definition) is 1. The Kier molecular flexibility index (Phi) is 5.56. The van der Waals surface area contributed by atoms with Crippen LogP contribution in [-0.2, 0) is 6.42 Å². The van der Waals surface area contributed by atoms with Crippen LogP contribution in [0.3, 0.4) is 0 Å². The number of allylic oxidation sites excluding steroid dienone is 1. The van der Waals surface area contributed by atoms with Gasteiger partial charge in [-0.1, -0.05) is 38.5 Å². The molecule has 0 aromatic carbocycles. The summed E-state index contributed by atoms with van der Waals surface area (Å²) in [6.07, 6.45) is 14.2. The Balaban J connectivity index is 1.31. The van der Waals surface area contributed by atoms with Crippen molar-refractivity contribution in [2.45, 2.75) is 91.1 Å². The Morgan fingerprint density at radius 1 is 1.13 bits per heavy atom. The van der Waals surface area contributed by atoms with Crippen LogP contribution in [-0.4, -0.2) is 16.2 Å². The van der Waals surface area contributed by atoms with Gasteiger partial charge in [0.05, 0.1) is 6.10 Å². The van der Waals surface area contributed by atoms with Gasteiger partial charge in [-0.2, -0.15) is 4.39 Å². The van der Waals surface area contributed by atoms with Crippen molar-refractivity contribution in [1.82, 2.24) is 4.98 Å². The molecule has 1 N–H and O–H groups in total. The van der Waals surface area contributed by atoms with Gasteiger partial charge >= 0.3 is 0 Å². The minimum Gasteiger partial charge on any atom is -0.393 e. The summed E-state index contributed by atoms with van der Waals surface area (Å²) in [7, 11) is 0. The Hall–Kier alpha value is -1.22. The van der Waals surface area contributed by atoms with Gasteiger partial charge in [-0.05, 0) is 117 Å². The fourth-order valence-electron chi connectivity index (χ4n) is 8.78. The highest BCUT2D eigenvalue weighted by Crippen LogP contribution is 2.67. The van der Waals surface area contributed by atoms with Crippen molar-refractivity contribution >= 4 is 0 Å². The predicted octanol–water partition coefficient (Wildman–Crippen LogP) is 6.73. The van der Waals surface area contributed by atoms with Crippen LogP contribution >= 0.6 is 0 Å². The molecule has 1 heterocycles. The average molecular weight is 426 g/mol. The van der Waals surface area contributed by atoms with E-state index in [9.17, 15) is 9.50 Å².